The molecule has 10 heavy (non-hydrogen) atoms. The molecule has 2 nitrogen and oxygen atoms in total. The molecule has 1 amide bonds. The van der Waals surface area contributed by atoms with Crippen molar-refractivity contribution in [2.24, 2.45) is 5.92 Å². The molecule has 0 aromatic carbocycles. The van der Waals surface area contributed by atoms with Gasteiger partial charge < -0.3 is 4.90 Å². The van der Waals surface area contributed by atoms with Crippen LogP contribution in [0, 0.1) is 5.92 Å². The number of rotatable bonds is 1. The third kappa shape index (κ3) is 1.20. The summed E-state index contributed by atoms with van der Waals surface area (Å²) in [5, 5.41) is 0. The average Bonchev–Trinajstić information content (AvgIpc) is 2.13. The molecule has 0 spiro atoms. The molecule has 0 atom stereocenters. The van der Waals surface area contributed by atoms with E-state index in [1.165, 1.54) is 5.57 Å². The molecule has 0 radical (unpaired) electrons. The molecule has 0 fully saturated rings. The lowest BCUT2D eigenvalue weighted by Gasteiger charge is -2.09. The first-order chi connectivity index (χ1) is 4.61. The molecular formula is C8H13NO. The van der Waals surface area contributed by atoms with E-state index in [1.807, 2.05) is 7.05 Å². The van der Waals surface area contributed by atoms with Crippen LogP contribution >= 0.6 is 0 Å². The Labute approximate surface area is 61.5 Å². The number of carbonyl (C=O) groups is 1. The molecule has 0 aromatic rings. The topological polar surface area (TPSA) is 20.3 Å². The number of likely N-dealkylation sites (N-methyl/N-ethyl adjacent to an activating group) is 1. The van der Waals surface area contributed by atoms with E-state index in [2.05, 4.69) is 13.8 Å². The van der Waals surface area contributed by atoms with Crippen molar-refractivity contribution in [3.05, 3.63) is 11.6 Å². The van der Waals surface area contributed by atoms with Gasteiger partial charge in [-0.3, -0.25) is 4.79 Å². The number of hydrogen-bond donors (Lipinski definition) is 0. The summed E-state index contributed by atoms with van der Waals surface area (Å²) in [6, 6.07) is 0. The van der Waals surface area contributed by atoms with Crippen LogP contribution in [-0.2, 0) is 4.79 Å². The summed E-state index contributed by atoms with van der Waals surface area (Å²) in [5.41, 5.74) is 1.24. The van der Waals surface area contributed by atoms with Gasteiger partial charge >= 0.3 is 0 Å². The van der Waals surface area contributed by atoms with Crippen LogP contribution in [0.5, 0.6) is 0 Å². The van der Waals surface area contributed by atoms with Crippen molar-refractivity contribution < 1.29 is 4.79 Å². The van der Waals surface area contributed by atoms with Crippen LogP contribution in [0.4, 0.5) is 0 Å². The van der Waals surface area contributed by atoms with Gasteiger partial charge in [-0.1, -0.05) is 13.8 Å². The van der Waals surface area contributed by atoms with E-state index in [-0.39, 0.29) is 5.91 Å². The minimum absolute atomic E-state index is 0.142. The molecular weight excluding hydrogens is 126 g/mol. The lowest BCUT2D eigenvalue weighted by molar-refractivity contribution is -0.123. The smallest absolute Gasteiger partial charge is 0.246 e. The van der Waals surface area contributed by atoms with Crippen LogP contribution in [0.25, 0.3) is 0 Å². The van der Waals surface area contributed by atoms with E-state index in [0.717, 1.165) is 6.54 Å². The monoisotopic (exact) mass is 139 g/mol. The highest BCUT2D eigenvalue weighted by Gasteiger charge is 2.18. The van der Waals surface area contributed by atoms with Crippen LogP contribution in [0.1, 0.15) is 13.8 Å². The molecule has 0 saturated heterocycles. The van der Waals surface area contributed by atoms with Gasteiger partial charge in [0.1, 0.15) is 0 Å². The zero-order valence-corrected chi connectivity index (χ0v) is 6.72. The first-order valence-electron chi connectivity index (χ1n) is 3.57. The Kier molecular flexibility index (Phi) is 1.79. The van der Waals surface area contributed by atoms with Gasteiger partial charge in [0.05, 0.1) is 0 Å². The van der Waals surface area contributed by atoms with Gasteiger partial charge in [-0.25, -0.2) is 0 Å². The summed E-state index contributed by atoms with van der Waals surface area (Å²) < 4.78 is 0. The van der Waals surface area contributed by atoms with Crippen LogP contribution in [0.15, 0.2) is 11.6 Å². The van der Waals surface area contributed by atoms with Crippen molar-refractivity contribution in [2.75, 3.05) is 13.6 Å². The zero-order chi connectivity index (χ0) is 7.72. The number of nitrogens with zero attached hydrogens (tertiary/aromatic N) is 1. The third-order valence-electron chi connectivity index (χ3n) is 1.85. The normalized spacial score (nSPS) is 18.6. The Bertz CT molecular complexity index is 182. The standard InChI is InChI=1S/C8H13NO/c1-6(2)7-4-8(10)9(3)5-7/h4,6H,5H2,1-3H3. The third-order valence-corrected chi connectivity index (χ3v) is 1.85. The van der Waals surface area contributed by atoms with Gasteiger partial charge in [0.2, 0.25) is 5.91 Å². The lowest BCUT2D eigenvalue weighted by atomic mass is 10.1. The Morgan fingerprint density at radius 2 is 2.20 bits per heavy atom. The highest BCUT2D eigenvalue weighted by molar-refractivity contribution is 5.91. The van der Waals surface area contributed by atoms with E-state index < -0.39 is 0 Å². The average molecular weight is 139 g/mol. The van der Waals surface area contributed by atoms with Crippen LogP contribution in [0.3, 0.4) is 0 Å². The second-order valence-electron chi connectivity index (χ2n) is 3.07. The van der Waals surface area contributed by atoms with E-state index in [9.17, 15) is 4.79 Å². The minimum Gasteiger partial charge on any atom is -0.338 e. The van der Waals surface area contributed by atoms with Crippen LogP contribution < -0.4 is 0 Å². The first-order valence-corrected chi connectivity index (χ1v) is 3.57. The van der Waals surface area contributed by atoms with Gasteiger partial charge in [0.25, 0.3) is 0 Å². The van der Waals surface area contributed by atoms with Crippen molar-refractivity contribution in [3.8, 4) is 0 Å². The summed E-state index contributed by atoms with van der Waals surface area (Å²) in [4.78, 5) is 12.7. The fourth-order valence-electron chi connectivity index (χ4n) is 1.02. The summed E-state index contributed by atoms with van der Waals surface area (Å²) in [7, 11) is 1.83. The molecule has 56 valence electrons. The number of carbonyl (C=O) groups excluding carboxylic acids is 1. The maximum atomic E-state index is 10.9. The number of amides is 1. The van der Waals surface area contributed by atoms with Crippen molar-refractivity contribution >= 4 is 5.91 Å². The van der Waals surface area contributed by atoms with Gasteiger partial charge in [0.15, 0.2) is 0 Å². The fraction of sp³-hybridized carbons (Fsp3) is 0.625. The van der Waals surface area contributed by atoms with Crippen LogP contribution in [0.2, 0.25) is 0 Å². The Balaban J connectivity index is 2.67. The van der Waals surface area contributed by atoms with Crippen molar-refractivity contribution in [3.63, 3.8) is 0 Å². The van der Waals surface area contributed by atoms with Crippen molar-refractivity contribution in [1.29, 1.82) is 0 Å². The maximum absolute atomic E-state index is 10.9. The molecule has 1 aliphatic rings. The Morgan fingerprint density at radius 1 is 1.60 bits per heavy atom. The second kappa shape index (κ2) is 2.45. The predicted molar refractivity (Wildman–Crippen MR) is 40.6 cm³/mol. The SMILES string of the molecule is CC(C)C1=CC(=O)N(C)C1. The van der Waals surface area contributed by atoms with Crippen LogP contribution in [-0.4, -0.2) is 24.4 Å². The van der Waals surface area contributed by atoms with Gasteiger partial charge in [-0.05, 0) is 11.5 Å². The quantitative estimate of drug-likeness (QED) is 0.531. The molecule has 0 aromatic heterocycles. The van der Waals surface area contributed by atoms with Gasteiger partial charge in [-0.15, -0.1) is 0 Å². The maximum Gasteiger partial charge on any atom is 0.246 e. The Hall–Kier alpha value is -0.790. The second-order valence-corrected chi connectivity index (χ2v) is 3.07. The van der Waals surface area contributed by atoms with Crippen molar-refractivity contribution in [2.45, 2.75) is 13.8 Å². The van der Waals surface area contributed by atoms with Gasteiger partial charge in [0, 0.05) is 19.7 Å². The lowest BCUT2D eigenvalue weighted by Crippen LogP contribution is -2.20. The van der Waals surface area contributed by atoms with E-state index in [1.54, 1.807) is 11.0 Å². The zero-order valence-electron chi connectivity index (χ0n) is 6.72. The van der Waals surface area contributed by atoms with E-state index >= 15 is 0 Å². The highest BCUT2D eigenvalue weighted by atomic mass is 16.2. The molecule has 1 heterocycles. The number of hydrogen-bond acceptors (Lipinski definition) is 1. The van der Waals surface area contributed by atoms with Crippen molar-refractivity contribution in [1.82, 2.24) is 4.90 Å². The molecule has 0 N–H and O–H groups in total. The molecule has 2 heteroatoms. The largest absolute Gasteiger partial charge is 0.338 e. The molecule has 0 bridgehead atoms. The summed E-state index contributed by atoms with van der Waals surface area (Å²) in [5.74, 6) is 0.651. The molecule has 0 aliphatic carbocycles. The summed E-state index contributed by atoms with van der Waals surface area (Å²) in [6.45, 7) is 5.03. The van der Waals surface area contributed by atoms with E-state index in [0.29, 0.717) is 5.92 Å². The molecule has 1 rings (SSSR count). The Morgan fingerprint density at radius 3 is 2.40 bits per heavy atom. The van der Waals surface area contributed by atoms with E-state index in [4.69, 9.17) is 0 Å². The summed E-state index contributed by atoms with van der Waals surface area (Å²) in [6.07, 6.45) is 1.74. The minimum atomic E-state index is 0.142. The predicted octanol–water partition coefficient (Wildman–Crippen LogP) is 1.04. The molecule has 1 aliphatic heterocycles. The first kappa shape index (κ1) is 7.32. The van der Waals surface area contributed by atoms with Gasteiger partial charge in [-0.2, -0.15) is 0 Å². The molecule has 0 saturated carbocycles. The highest BCUT2D eigenvalue weighted by Crippen LogP contribution is 2.16. The summed E-state index contributed by atoms with van der Waals surface area (Å²) >= 11 is 0. The fourth-order valence-corrected chi connectivity index (χ4v) is 1.02. The molecule has 0 unspecified atom stereocenters.